The van der Waals surface area contributed by atoms with Crippen LogP contribution < -0.4 is 4.90 Å². The predicted octanol–water partition coefficient (Wildman–Crippen LogP) is 2.28. The second-order valence-corrected chi connectivity index (χ2v) is 8.55. The number of anilines is 1. The van der Waals surface area contributed by atoms with Gasteiger partial charge in [-0.1, -0.05) is 6.07 Å². The van der Waals surface area contributed by atoms with Crippen molar-refractivity contribution in [3.8, 4) is 0 Å². The maximum absolute atomic E-state index is 13.3. The molecule has 2 aliphatic heterocycles. The van der Waals surface area contributed by atoms with Crippen molar-refractivity contribution >= 4 is 29.1 Å². The number of piperidine rings is 1. The molecule has 3 aromatic rings. The number of methoxy groups -OCH3 is 1. The number of esters is 1. The Hall–Kier alpha value is -3.75. The molecule has 4 heterocycles. The fraction of sp³-hybridized carbons (Fsp3) is 0.375. The fourth-order valence-corrected chi connectivity index (χ4v) is 4.80. The average molecular weight is 447 g/mol. The second-order valence-electron chi connectivity index (χ2n) is 8.55. The number of amides is 2. The first-order valence-electron chi connectivity index (χ1n) is 11.1. The van der Waals surface area contributed by atoms with Gasteiger partial charge in [-0.3, -0.25) is 14.0 Å². The molecule has 2 aliphatic rings. The van der Waals surface area contributed by atoms with Gasteiger partial charge in [0.15, 0.2) is 5.65 Å². The van der Waals surface area contributed by atoms with Gasteiger partial charge in [-0.2, -0.15) is 0 Å². The largest absolute Gasteiger partial charge is 0.465 e. The molecular weight excluding hydrogens is 422 g/mol. The zero-order valence-corrected chi connectivity index (χ0v) is 18.4. The Kier molecular flexibility index (Phi) is 5.53. The summed E-state index contributed by atoms with van der Waals surface area (Å²) in [6.07, 6.45) is 3.97. The summed E-state index contributed by atoms with van der Waals surface area (Å²) in [5.41, 5.74) is 1.89. The monoisotopic (exact) mass is 447 g/mol. The summed E-state index contributed by atoms with van der Waals surface area (Å²) in [5.74, 6) is 0.0953. The number of nitrogens with zero attached hydrogens (tertiary/aromatic N) is 5. The minimum Gasteiger partial charge on any atom is -0.465 e. The van der Waals surface area contributed by atoms with Crippen LogP contribution in [0.15, 0.2) is 48.7 Å². The lowest BCUT2D eigenvalue weighted by molar-refractivity contribution is -0.137. The number of benzene rings is 1. The average Bonchev–Trinajstić information content (AvgIpc) is 3.47. The molecule has 9 heteroatoms. The zero-order valence-electron chi connectivity index (χ0n) is 18.4. The molecule has 0 aliphatic carbocycles. The first kappa shape index (κ1) is 21.1. The van der Waals surface area contributed by atoms with Gasteiger partial charge in [-0.25, -0.2) is 4.79 Å². The van der Waals surface area contributed by atoms with Gasteiger partial charge in [0.05, 0.1) is 18.6 Å². The van der Waals surface area contributed by atoms with E-state index in [-0.39, 0.29) is 30.1 Å². The van der Waals surface area contributed by atoms with E-state index < -0.39 is 5.97 Å². The summed E-state index contributed by atoms with van der Waals surface area (Å²) in [4.78, 5) is 41.2. The smallest absolute Gasteiger partial charge is 0.337 e. The molecule has 0 N–H and O–H groups in total. The SMILES string of the molecule is COC(=O)c1ccc(N2CC(C(=O)N3CCCC(c4nnc5ccccn45)C3)CC2=O)cc1. The summed E-state index contributed by atoms with van der Waals surface area (Å²) in [6.45, 7) is 1.60. The minimum atomic E-state index is -0.428. The summed E-state index contributed by atoms with van der Waals surface area (Å²) in [7, 11) is 1.33. The quantitative estimate of drug-likeness (QED) is 0.569. The highest BCUT2D eigenvalue weighted by molar-refractivity contribution is 6.00. The van der Waals surface area contributed by atoms with Crippen LogP contribution >= 0.6 is 0 Å². The number of aromatic nitrogens is 3. The van der Waals surface area contributed by atoms with Crippen molar-refractivity contribution in [2.45, 2.75) is 25.2 Å². The number of hydrogen-bond acceptors (Lipinski definition) is 6. The van der Waals surface area contributed by atoms with Crippen molar-refractivity contribution in [1.82, 2.24) is 19.5 Å². The molecule has 0 saturated carbocycles. The Balaban J connectivity index is 1.27. The van der Waals surface area contributed by atoms with Crippen molar-refractivity contribution in [3.05, 3.63) is 60.0 Å². The molecule has 2 atom stereocenters. The molecule has 1 aromatic carbocycles. The Bertz CT molecular complexity index is 1210. The van der Waals surface area contributed by atoms with Crippen molar-refractivity contribution in [2.75, 3.05) is 31.6 Å². The number of ether oxygens (including phenoxy) is 1. The standard InChI is InChI=1S/C24H25N5O4/c1-33-24(32)16-7-9-19(10-8-16)29-15-18(13-21(29)30)23(31)27-11-4-5-17(14-27)22-26-25-20-6-2-3-12-28(20)22/h2-3,6-10,12,17-18H,4-5,11,13-15H2,1H3. The van der Waals surface area contributed by atoms with Gasteiger partial charge in [0.25, 0.3) is 0 Å². The van der Waals surface area contributed by atoms with E-state index in [9.17, 15) is 14.4 Å². The summed E-state index contributed by atoms with van der Waals surface area (Å²) in [5, 5.41) is 8.63. The number of fused-ring (bicyclic) bond motifs is 1. The highest BCUT2D eigenvalue weighted by atomic mass is 16.5. The highest BCUT2D eigenvalue weighted by Gasteiger charge is 2.39. The van der Waals surface area contributed by atoms with Gasteiger partial charge in [-0.15, -0.1) is 10.2 Å². The van der Waals surface area contributed by atoms with Crippen molar-refractivity contribution < 1.29 is 19.1 Å². The van der Waals surface area contributed by atoms with Crippen LogP contribution in [0.5, 0.6) is 0 Å². The number of likely N-dealkylation sites (tertiary alicyclic amines) is 1. The van der Waals surface area contributed by atoms with Crippen LogP contribution in [0, 0.1) is 5.92 Å². The molecule has 2 fully saturated rings. The molecule has 33 heavy (non-hydrogen) atoms. The third-order valence-electron chi connectivity index (χ3n) is 6.51. The van der Waals surface area contributed by atoms with E-state index in [0.29, 0.717) is 30.9 Å². The van der Waals surface area contributed by atoms with Crippen LogP contribution in [0.2, 0.25) is 0 Å². The topological polar surface area (TPSA) is 97.1 Å². The van der Waals surface area contributed by atoms with E-state index in [2.05, 4.69) is 10.2 Å². The van der Waals surface area contributed by atoms with E-state index in [1.807, 2.05) is 33.7 Å². The molecule has 0 spiro atoms. The molecule has 170 valence electrons. The predicted molar refractivity (Wildman–Crippen MR) is 120 cm³/mol. The van der Waals surface area contributed by atoms with E-state index in [0.717, 1.165) is 24.3 Å². The van der Waals surface area contributed by atoms with Crippen LogP contribution in [0.25, 0.3) is 5.65 Å². The summed E-state index contributed by atoms with van der Waals surface area (Å²) >= 11 is 0. The number of pyridine rings is 1. The summed E-state index contributed by atoms with van der Waals surface area (Å²) < 4.78 is 6.70. The lowest BCUT2D eigenvalue weighted by atomic mass is 9.95. The van der Waals surface area contributed by atoms with Crippen molar-refractivity contribution in [1.29, 1.82) is 0 Å². The molecule has 2 aromatic heterocycles. The first-order valence-corrected chi connectivity index (χ1v) is 11.1. The Morgan fingerprint density at radius 1 is 1.06 bits per heavy atom. The lowest BCUT2D eigenvalue weighted by Crippen LogP contribution is -2.43. The van der Waals surface area contributed by atoms with Crippen molar-refractivity contribution in [3.63, 3.8) is 0 Å². The third-order valence-corrected chi connectivity index (χ3v) is 6.51. The number of carbonyl (C=O) groups excluding carboxylic acids is 3. The molecule has 2 unspecified atom stereocenters. The van der Waals surface area contributed by atoms with Gasteiger partial charge in [-0.05, 0) is 49.2 Å². The molecule has 9 nitrogen and oxygen atoms in total. The van der Waals surface area contributed by atoms with Gasteiger partial charge in [0.2, 0.25) is 11.8 Å². The van der Waals surface area contributed by atoms with Gasteiger partial charge >= 0.3 is 5.97 Å². The minimum absolute atomic E-state index is 0.00977. The van der Waals surface area contributed by atoms with Gasteiger partial charge in [0.1, 0.15) is 5.82 Å². The van der Waals surface area contributed by atoms with Crippen LogP contribution in [0.4, 0.5) is 5.69 Å². The van der Waals surface area contributed by atoms with Gasteiger partial charge < -0.3 is 14.5 Å². The van der Waals surface area contributed by atoms with Crippen LogP contribution in [0.3, 0.4) is 0 Å². The normalized spacial score (nSPS) is 20.9. The molecule has 0 radical (unpaired) electrons. The van der Waals surface area contributed by atoms with E-state index >= 15 is 0 Å². The summed E-state index contributed by atoms with van der Waals surface area (Å²) in [6, 6.07) is 12.5. The molecule has 0 bridgehead atoms. The number of carbonyl (C=O) groups is 3. The Morgan fingerprint density at radius 3 is 2.67 bits per heavy atom. The van der Waals surface area contributed by atoms with Gasteiger partial charge in [0, 0.05) is 43.9 Å². The molecule has 2 amide bonds. The zero-order chi connectivity index (χ0) is 22.9. The number of rotatable bonds is 4. The molecular formula is C24H25N5O4. The number of hydrogen-bond donors (Lipinski definition) is 0. The Morgan fingerprint density at radius 2 is 1.88 bits per heavy atom. The molecule has 2 saturated heterocycles. The Labute approximate surface area is 190 Å². The maximum Gasteiger partial charge on any atom is 0.337 e. The van der Waals surface area contributed by atoms with Crippen LogP contribution in [-0.4, -0.2) is 64.0 Å². The lowest BCUT2D eigenvalue weighted by Gasteiger charge is -2.33. The third kappa shape index (κ3) is 3.94. The highest BCUT2D eigenvalue weighted by Crippen LogP contribution is 2.30. The van der Waals surface area contributed by atoms with Crippen molar-refractivity contribution in [2.24, 2.45) is 5.92 Å². The first-order chi connectivity index (χ1) is 16.0. The van der Waals surface area contributed by atoms with Crippen LogP contribution in [-0.2, 0) is 14.3 Å². The fourth-order valence-electron chi connectivity index (χ4n) is 4.80. The van der Waals surface area contributed by atoms with E-state index in [1.165, 1.54) is 7.11 Å². The maximum atomic E-state index is 13.3. The van der Waals surface area contributed by atoms with E-state index in [4.69, 9.17) is 4.74 Å². The second kappa shape index (κ2) is 8.65. The molecule has 5 rings (SSSR count). The van der Waals surface area contributed by atoms with E-state index in [1.54, 1.807) is 29.2 Å². The van der Waals surface area contributed by atoms with Crippen LogP contribution in [0.1, 0.15) is 41.4 Å².